The summed E-state index contributed by atoms with van der Waals surface area (Å²) < 4.78 is 19.4. The number of allylic oxidation sites excluding steroid dienone is 3. The summed E-state index contributed by atoms with van der Waals surface area (Å²) in [6, 6.07) is -0.597. The van der Waals surface area contributed by atoms with Crippen molar-refractivity contribution in [2.75, 3.05) is 13.2 Å². The van der Waals surface area contributed by atoms with Gasteiger partial charge in [-0.05, 0) is 62.6 Å². The zero-order valence-electron chi connectivity index (χ0n) is 24.7. The Balaban J connectivity index is 2.91. The number of carbonyl (C=O) groups is 1. The molecular formula is C29H56N2O4Si. The molecule has 7 heteroatoms. The molecule has 2 atom stereocenters. The fourth-order valence-corrected chi connectivity index (χ4v) is 11.4. The highest BCUT2D eigenvalue weighted by Gasteiger charge is 2.46. The molecule has 0 aromatic carbocycles. The zero-order chi connectivity index (χ0) is 27.4. The molecule has 0 saturated carbocycles. The number of nitrogens with two attached hydrogens (primary N) is 1. The minimum atomic E-state index is -1.93. The van der Waals surface area contributed by atoms with Gasteiger partial charge in [-0.3, -0.25) is 0 Å². The van der Waals surface area contributed by atoms with Crippen molar-refractivity contribution >= 4 is 14.3 Å². The highest BCUT2D eigenvalue weighted by Crippen LogP contribution is 2.43. The lowest BCUT2D eigenvalue weighted by molar-refractivity contribution is -0.275. The molecule has 6 nitrogen and oxygen atoms in total. The van der Waals surface area contributed by atoms with Gasteiger partial charge in [0.05, 0.1) is 19.3 Å². The van der Waals surface area contributed by atoms with Gasteiger partial charge in [0.15, 0.2) is 5.79 Å². The third-order valence-corrected chi connectivity index (χ3v) is 13.6. The fraction of sp³-hybridized carbons (Fsp3) is 0.828. The van der Waals surface area contributed by atoms with Crippen LogP contribution >= 0.6 is 0 Å². The number of urea groups is 1. The van der Waals surface area contributed by atoms with Crippen LogP contribution < -0.4 is 11.1 Å². The van der Waals surface area contributed by atoms with Gasteiger partial charge in [0.1, 0.15) is 0 Å². The first-order chi connectivity index (χ1) is 16.9. The minimum Gasteiger partial charge on any atom is -0.410 e. The first kappa shape index (κ1) is 32.9. The molecule has 0 aliphatic carbocycles. The number of carbonyl (C=O) groups excluding carboxylic acids is 1. The van der Waals surface area contributed by atoms with Gasteiger partial charge in [0, 0.05) is 18.9 Å². The molecule has 3 N–H and O–H groups in total. The average Bonchev–Trinajstić information content (AvgIpc) is 2.78. The van der Waals surface area contributed by atoms with Crippen molar-refractivity contribution in [3.63, 3.8) is 0 Å². The van der Waals surface area contributed by atoms with Crippen molar-refractivity contribution < 1.29 is 18.7 Å². The van der Waals surface area contributed by atoms with E-state index in [-0.39, 0.29) is 12.1 Å². The largest absolute Gasteiger partial charge is 0.410 e. The van der Waals surface area contributed by atoms with Gasteiger partial charge >= 0.3 is 6.03 Å². The van der Waals surface area contributed by atoms with E-state index in [0.717, 1.165) is 38.5 Å². The van der Waals surface area contributed by atoms with Crippen LogP contribution in [0.3, 0.4) is 0 Å². The molecule has 2 amide bonds. The Bertz CT molecular complexity index is 674. The number of nitrogens with one attached hydrogen (secondary N) is 1. The third kappa shape index (κ3) is 10.3. The number of rotatable bonds is 16. The second-order valence-corrected chi connectivity index (χ2v) is 17.0. The van der Waals surface area contributed by atoms with E-state index >= 15 is 0 Å². The highest BCUT2D eigenvalue weighted by molar-refractivity contribution is 6.77. The van der Waals surface area contributed by atoms with Crippen molar-refractivity contribution in [2.24, 2.45) is 5.73 Å². The molecule has 0 unspecified atom stereocenters. The van der Waals surface area contributed by atoms with Gasteiger partial charge in [-0.2, -0.15) is 0 Å². The lowest BCUT2D eigenvalue weighted by Gasteiger charge is -2.44. The Morgan fingerprint density at radius 3 is 2.11 bits per heavy atom. The van der Waals surface area contributed by atoms with E-state index < -0.39 is 20.1 Å². The quantitative estimate of drug-likeness (QED) is 0.161. The summed E-state index contributed by atoms with van der Waals surface area (Å²) in [7, 11) is -1.93. The summed E-state index contributed by atoms with van der Waals surface area (Å²) in [5.74, 6) is -0.699. The SMILES string of the molecule is CC[C@@H](/C=C/CCC1(C[C@H](CCC=C(C)C)NC(N)=O)OCCCO1)O[Si](C(C)C)(C(C)C)C(C)C. The van der Waals surface area contributed by atoms with Gasteiger partial charge in [-0.25, -0.2) is 4.79 Å². The smallest absolute Gasteiger partial charge is 0.312 e. The maximum absolute atomic E-state index is 11.7. The molecule has 1 aliphatic rings. The highest BCUT2D eigenvalue weighted by atomic mass is 28.4. The molecule has 0 bridgehead atoms. The van der Waals surface area contributed by atoms with Crippen LogP contribution in [0.25, 0.3) is 0 Å². The van der Waals surface area contributed by atoms with E-state index in [1.807, 2.05) is 0 Å². The lowest BCUT2D eigenvalue weighted by Crippen LogP contribution is -2.49. The topological polar surface area (TPSA) is 82.8 Å². The van der Waals surface area contributed by atoms with Crippen molar-refractivity contribution in [3.8, 4) is 0 Å². The standard InChI is InChI=1S/C29H56N2O4Si/c1-10-27(35-36(23(4)5,24(6)7)25(8)9)17-11-12-18-29(33-19-14-20-34-29)21-26(31-28(30)32)16-13-15-22(2)3/h11,15,17,23-27H,10,12-14,16,18-21H2,1-9H3,(H3,30,31,32)/b17-11+/t26-,27-/m0/s1. The van der Waals surface area contributed by atoms with Crippen molar-refractivity contribution in [1.29, 1.82) is 0 Å². The van der Waals surface area contributed by atoms with E-state index in [4.69, 9.17) is 19.6 Å². The van der Waals surface area contributed by atoms with Crippen LogP contribution in [0.1, 0.15) is 107 Å². The summed E-state index contributed by atoms with van der Waals surface area (Å²) in [5, 5.41) is 2.92. The molecule has 210 valence electrons. The van der Waals surface area contributed by atoms with Crippen molar-refractivity contribution in [3.05, 3.63) is 23.8 Å². The molecule has 1 rings (SSSR count). The molecule has 0 radical (unpaired) electrons. The monoisotopic (exact) mass is 524 g/mol. The minimum absolute atomic E-state index is 0.0957. The first-order valence-corrected chi connectivity index (χ1v) is 16.3. The van der Waals surface area contributed by atoms with Gasteiger partial charge in [0.2, 0.25) is 8.32 Å². The average molecular weight is 525 g/mol. The molecule has 36 heavy (non-hydrogen) atoms. The summed E-state index contributed by atoms with van der Waals surface area (Å²) in [6.07, 6.45) is 12.5. The predicted octanol–water partition coefficient (Wildman–Crippen LogP) is 7.60. The van der Waals surface area contributed by atoms with Crippen LogP contribution in [0.15, 0.2) is 23.8 Å². The van der Waals surface area contributed by atoms with Gasteiger partial charge < -0.3 is 25.0 Å². The number of amides is 2. The van der Waals surface area contributed by atoms with Crippen LogP contribution in [0.5, 0.6) is 0 Å². The summed E-state index contributed by atoms with van der Waals surface area (Å²) in [5.41, 5.74) is 8.45. The van der Waals surface area contributed by atoms with Crippen LogP contribution in [0, 0.1) is 0 Å². The van der Waals surface area contributed by atoms with E-state index in [1.54, 1.807) is 0 Å². The maximum atomic E-state index is 11.7. The number of hydrogen-bond acceptors (Lipinski definition) is 4. The van der Waals surface area contributed by atoms with Crippen molar-refractivity contribution in [1.82, 2.24) is 5.32 Å². The van der Waals surface area contributed by atoms with Crippen LogP contribution in [0.4, 0.5) is 4.79 Å². The number of hydrogen-bond donors (Lipinski definition) is 2. The van der Waals surface area contributed by atoms with E-state index in [9.17, 15) is 4.79 Å². The second kappa shape index (κ2) is 16.0. The number of primary amides is 1. The van der Waals surface area contributed by atoms with Crippen LogP contribution in [-0.4, -0.2) is 45.5 Å². The molecule has 0 aromatic rings. The van der Waals surface area contributed by atoms with Crippen LogP contribution in [-0.2, 0) is 13.9 Å². The van der Waals surface area contributed by atoms with Gasteiger partial charge in [0.25, 0.3) is 0 Å². The maximum Gasteiger partial charge on any atom is 0.312 e. The molecule has 0 aromatic heterocycles. The number of ether oxygens (including phenoxy) is 2. The predicted molar refractivity (Wildman–Crippen MR) is 154 cm³/mol. The molecule has 1 fully saturated rings. The normalized spacial score (nSPS) is 18.1. The first-order valence-electron chi connectivity index (χ1n) is 14.2. The Kier molecular flexibility index (Phi) is 14.6. The Labute approximate surface area is 222 Å². The van der Waals surface area contributed by atoms with Crippen LogP contribution in [0.2, 0.25) is 16.6 Å². The molecule has 1 heterocycles. The van der Waals surface area contributed by atoms with Gasteiger partial charge in [-0.1, -0.05) is 72.3 Å². The van der Waals surface area contributed by atoms with Gasteiger partial charge in [-0.15, -0.1) is 0 Å². The molecular weight excluding hydrogens is 468 g/mol. The van der Waals surface area contributed by atoms with E-state index in [1.165, 1.54) is 5.57 Å². The fourth-order valence-electron chi connectivity index (χ4n) is 5.84. The zero-order valence-corrected chi connectivity index (χ0v) is 25.7. The second-order valence-electron chi connectivity index (χ2n) is 11.6. The van der Waals surface area contributed by atoms with E-state index in [2.05, 4.69) is 85.9 Å². The lowest BCUT2D eigenvalue weighted by atomic mass is 9.96. The summed E-state index contributed by atoms with van der Waals surface area (Å²) in [6.45, 7) is 21.7. The van der Waals surface area contributed by atoms with E-state index in [0.29, 0.717) is 36.3 Å². The molecule has 1 saturated heterocycles. The Morgan fingerprint density at radius 2 is 1.64 bits per heavy atom. The summed E-state index contributed by atoms with van der Waals surface area (Å²) >= 11 is 0. The Morgan fingerprint density at radius 1 is 1.06 bits per heavy atom. The third-order valence-electron chi connectivity index (χ3n) is 7.50. The summed E-state index contributed by atoms with van der Waals surface area (Å²) in [4.78, 5) is 11.7. The Hall–Kier alpha value is -1.15. The molecule has 1 aliphatic heterocycles. The van der Waals surface area contributed by atoms with Crippen molar-refractivity contribution in [2.45, 2.75) is 142 Å². The molecule has 0 spiro atoms.